The first-order valence-corrected chi connectivity index (χ1v) is 12.4. The van der Waals surface area contributed by atoms with Gasteiger partial charge in [-0.2, -0.15) is 4.31 Å². The van der Waals surface area contributed by atoms with Gasteiger partial charge in [0.2, 0.25) is 10.0 Å². The van der Waals surface area contributed by atoms with Gasteiger partial charge < -0.3 is 4.74 Å². The summed E-state index contributed by atoms with van der Waals surface area (Å²) in [6, 6.07) is 8.57. The van der Waals surface area contributed by atoms with Gasteiger partial charge in [0.25, 0.3) is 15.7 Å². The Morgan fingerprint density at radius 3 is 2.39 bits per heavy atom. The monoisotopic (exact) mass is 469 g/mol. The van der Waals surface area contributed by atoms with Crippen molar-refractivity contribution >= 4 is 31.4 Å². The summed E-state index contributed by atoms with van der Waals surface area (Å²) in [5.41, 5.74) is -0.294. The summed E-state index contributed by atoms with van der Waals surface area (Å²) in [6.45, 7) is 2.90. The maximum atomic E-state index is 12.8. The van der Waals surface area contributed by atoms with Crippen LogP contribution in [0.2, 0.25) is 0 Å². The first kappa shape index (κ1) is 23.0. The van der Waals surface area contributed by atoms with E-state index in [0.29, 0.717) is 13.1 Å². The third-order valence-electron chi connectivity index (χ3n) is 5.01. The molecule has 1 atom stereocenters. The van der Waals surface area contributed by atoms with Crippen LogP contribution in [-0.4, -0.2) is 46.3 Å². The van der Waals surface area contributed by atoms with Crippen molar-refractivity contribution in [1.29, 1.82) is 0 Å². The molecule has 1 unspecified atom stereocenters. The van der Waals surface area contributed by atoms with E-state index in [1.807, 2.05) is 6.92 Å². The molecular formula is C19H23N3O7S2. The fourth-order valence-corrected chi connectivity index (χ4v) is 6.25. The lowest BCUT2D eigenvalue weighted by Crippen LogP contribution is -2.39. The summed E-state index contributed by atoms with van der Waals surface area (Å²) < 4.78 is 60.0. The Morgan fingerprint density at radius 2 is 1.81 bits per heavy atom. The lowest BCUT2D eigenvalue weighted by Gasteiger charge is -2.30. The van der Waals surface area contributed by atoms with Gasteiger partial charge in [0, 0.05) is 30.9 Å². The maximum absolute atomic E-state index is 12.8. The molecule has 10 nitrogen and oxygen atoms in total. The molecule has 1 N–H and O–H groups in total. The number of benzene rings is 2. The van der Waals surface area contributed by atoms with E-state index >= 15 is 0 Å². The first-order valence-electron chi connectivity index (χ1n) is 9.50. The third-order valence-corrected chi connectivity index (χ3v) is 8.29. The molecular weight excluding hydrogens is 446 g/mol. The number of hydrogen-bond donors (Lipinski definition) is 1. The number of anilines is 1. The standard InChI is InChI=1S/C19H23N3O7S2/c1-14-4-3-11-21(13-14)31(27,28)17-8-5-15(6-9-17)20-30(25,26)19-12-16(22(23)24)7-10-18(19)29-2/h5-10,12,14,20H,3-4,11,13H2,1-2H3. The third kappa shape index (κ3) is 4.97. The predicted octanol–water partition coefficient (Wildman–Crippen LogP) is 2.82. The van der Waals surface area contributed by atoms with Gasteiger partial charge >= 0.3 is 0 Å². The van der Waals surface area contributed by atoms with E-state index in [1.54, 1.807) is 0 Å². The van der Waals surface area contributed by atoms with Gasteiger partial charge in [0.05, 0.1) is 16.9 Å². The van der Waals surface area contributed by atoms with Gasteiger partial charge in [-0.25, -0.2) is 16.8 Å². The molecule has 12 heteroatoms. The van der Waals surface area contributed by atoms with Crippen LogP contribution in [0, 0.1) is 16.0 Å². The molecule has 0 aromatic heterocycles. The Balaban J connectivity index is 1.85. The molecule has 2 aromatic rings. The van der Waals surface area contributed by atoms with E-state index in [1.165, 1.54) is 41.7 Å². The summed E-state index contributed by atoms with van der Waals surface area (Å²) in [4.78, 5) is 9.97. The van der Waals surface area contributed by atoms with Crippen LogP contribution < -0.4 is 9.46 Å². The largest absolute Gasteiger partial charge is 0.495 e. The molecule has 1 heterocycles. The summed E-state index contributed by atoms with van der Waals surface area (Å²) in [6.07, 6.45) is 1.77. The van der Waals surface area contributed by atoms with E-state index in [9.17, 15) is 26.9 Å². The molecule has 168 valence electrons. The van der Waals surface area contributed by atoms with E-state index in [-0.39, 0.29) is 22.3 Å². The molecule has 3 rings (SSSR count). The number of nitrogens with zero attached hydrogens (tertiary/aromatic N) is 2. The van der Waals surface area contributed by atoms with Crippen molar-refractivity contribution in [2.75, 3.05) is 24.9 Å². The van der Waals surface area contributed by atoms with Gasteiger partial charge in [0.15, 0.2) is 0 Å². The number of non-ortho nitro benzene ring substituents is 1. The second-order valence-corrected chi connectivity index (χ2v) is 10.9. The van der Waals surface area contributed by atoms with E-state index < -0.39 is 35.6 Å². The summed E-state index contributed by atoms with van der Waals surface area (Å²) >= 11 is 0. The summed E-state index contributed by atoms with van der Waals surface area (Å²) in [5.74, 6) is 0.219. The maximum Gasteiger partial charge on any atom is 0.271 e. The number of methoxy groups -OCH3 is 1. The zero-order valence-electron chi connectivity index (χ0n) is 17.0. The second kappa shape index (κ2) is 8.81. The van der Waals surface area contributed by atoms with Crippen LogP contribution in [0.3, 0.4) is 0 Å². The van der Waals surface area contributed by atoms with Crippen molar-refractivity contribution in [2.45, 2.75) is 29.6 Å². The minimum atomic E-state index is -4.23. The van der Waals surface area contributed by atoms with Gasteiger partial charge in [-0.05, 0) is 49.1 Å². The minimum Gasteiger partial charge on any atom is -0.495 e. The Labute approximate surface area is 181 Å². The normalized spacial score (nSPS) is 17.8. The van der Waals surface area contributed by atoms with Crippen LogP contribution in [0.5, 0.6) is 5.75 Å². The number of rotatable bonds is 7. The molecule has 0 amide bonds. The number of piperidine rings is 1. The van der Waals surface area contributed by atoms with Crippen LogP contribution >= 0.6 is 0 Å². The van der Waals surface area contributed by atoms with Gasteiger partial charge in [-0.15, -0.1) is 0 Å². The Kier molecular flexibility index (Phi) is 6.53. The highest BCUT2D eigenvalue weighted by molar-refractivity contribution is 7.92. The quantitative estimate of drug-likeness (QED) is 0.486. The van der Waals surface area contributed by atoms with Crippen LogP contribution in [0.25, 0.3) is 0 Å². The average molecular weight is 470 g/mol. The number of ether oxygens (including phenoxy) is 1. The molecule has 31 heavy (non-hydrogen) atoms. The van der Waals surface area contributed by atoms with Crippen LogP contribution in [0.1, 0.15) is 19.8 Å². The predicted molar refractivity (Wildman–Crippen MR) is 114 cm³/mol. The molecule has 0 spiro atoms. The van der Waals surface area contributed by atoms with Crippen molar-refractivity contribution in [3.63, 3.8) is 0 Å². The Hall–Kier alpha value is -2.70. The zero-order valence-corrected chi connectivity index (χ0v) is 18.6. The lowest BCUT2D eigenvalue weighted by atomic mass is 10.0. The number of nitro benzene ring substituents is 1. The zero-order chi connectivity index (χ0) is 22.8. The van der Waals surface area contributed by atoms with Gasteiger partial charge in [-0.3, -0.25) is 14.8 Å². The van der Waals surface area contributed by atoms with E-state index in [4.69, 9.17) is 4.74 Å². The highest BCUT2D eigenvalue weighted by Crippen LogP contribution is 2.30. The van der Waals surface area contributed by atoms with Crippen molar-refractivity contribution in [1.82, 2.24) is 4.31 Å². The smallest absolute Gasteiger partial charge is 0.271 e. The SMILES string of the molecule is COc1ccc([N+](=O)[O-])cc1S(=O)(=O)Nc1ccc(S(=O)(=O)N2CCCC(C)C2)cc1. The summed E-state index contributed by atoms with van der Waals surface area (Å²) in [5, 5.41) is 11.0. The molecule has 0 saturated carbocycles. The number of nitro groups is 1. The molecule has 1 aliphatic heterocycles. The van der Waals surface area contributed by atoms with Gasteiger partial charge in [-0.1, -0.05) is 6.92 Å². The molecule has 0 bridgehead atoms. The minimum absolute atomic E-state index is 0.0588. The van der Waals surface area contributed by atoms with Crippen LogP contribution in [0.15, 0.2) is 52.3 Å². The number of hydrogen-bond acceptors (Lipinski definition) is 7. The molecule has 1 aliphatic rings. The van der Waals surface area contributed by atoms with Crippen LogP contribution in [-0.2, 0) is 20.0 Å². The van der Waals surface area contributed by atoms with E-state index in [2.05, 4.69) is 4.72 Å². The lowest BCUT2D eigenvalue weighted by molar-refractivity contribution is -0.385. The van der Waals surface area contributed by atoms with Crippen molar-refractivity contribution in [3.8, 4) is 5.75 Å². The van der Waals surface area contributed by atoms with Crippen LogP contribution in [0.4, 0.5) is 11.4 Å². The molecule has 0 aliphatic carbocycles. The molecule has 1 saturated heterocycles. The second-order valence-electron chi connectivity index (χ2n) is 7.33. The first-order chi connectivity index (χ1) is 14.5. The Morgan fingerprint density at radius 1 is 1.13 bits per heavy atom. The fraction of sp³-hybridized carbons (Fsp3) is 0.368. The molecule has 2 aromatic carbocycles. The number of nitrogens with one attached hydrogen (secondary N) is 1. The molecule has 1 fully saturated rings. The van der Waals surface area contributed by atoms with E-state index in [0.717, 1.165) is 25.0 Å². The fourth-order valence-electron chi connectivity index (χ4n) is 3.41. The van der Waals surface area contributed by atoms with Crippen molar-refractivity contribution in [3.05, 3.63) is 52.6 Å². The summed E-state index contributed by atoms with van der Waals surface area (Å²) in [7, 11) is -6.65. The highest BCUT2D eigenvalue weighted by atomic mass is 32.2. The number of sulfonamides is 2. The average Bonchev–Trinajstić information content (AvgIpc) is 2.73. The van der Waals surface area contributed by atoms with Crippen molar-refractivity contribution < 1.29 is 26.5 Å². The van der Waals surface area contributed by atoms with Gasteiger partial charge in [0.1, 0.15) is 10.6 Å². The topological polar surface area (TPSA) is 136 Å². The highest BCUT2D eigenvalue weighted by Gasteiger charge is 2.29. The Bertz CT molecular complexity index is 1180. The molecule has 0 radical (unpaired) electrons. The van der Waals surface area contributed by atoms with Crippen molar-refractivity contribution in [2.24, 2.45) is 5.92 Å².